The Labute approximate surface area is 284 Å². The van der Waals surface area contributed by atoms with Crippen LogP contribution in [0.4, 0.5) is 10.5 Å². The number of anilines is 1. The minimum Gasteiger partial charge on any atom is -0.467 e. The van der Waals surface area contributed by atoms with E-state index in [-0.39, 0.29) is 23.6 Å². The van der Waals surface area contributed by atoms with E-state index < -0.39 is 44.0 Å². The Balaban J connectivity index is 1.92. The fraction of sp³-hybridized carbons (Fsp3) is 0.543. The van der Waals surface area contributed by atoms with Gasteiger partial charge in [-0.25, -0.2) is 9.59 Å². The van der Waals surface area contributed by atoms with E-state index in [0.717, 1.165) is 5.56 Å². The van der Waals surface area contributed by atoms with Crippen molar-refractivity contribution < 1.29 is 33.1 Å². The number of hydrogen-bond acceptors (Lipinski definition) is 8. The molecule has 0 saturated carbocycles. The monoisotopic (exact) mass is 685 g/mol. The summed E-state index contributed by atoms with van der Waals surface area (Å²) in [5, 5.41) is 5.75. The van der Waals surface area contributed by atoms with Crippen LogP contribution in [-0.2, 0) is 23.5 Å². The van der Waals surface area contributed by atoms with Gasteiger partial charge in [0.1, 0.15) is 17.7 Å². The quantitative estimate of drug-likeness (QED) is 0.198. The minimum atomic E-state index is -2.19. The number of amides is 3. The van der Waals surface area contributed by atoms with Crippen LogP contribution in [-0.4, -0.2) is 86.5 Å². The van der Waals surface area contributed by atoms with Crippen molar-refractivity contribution >= 4 is 49.6 Å². The summed E-state index contributed by atoms with van der Waals surface area (Å²) in [7, 11) is -0.894. The summed E-state index contributed by atoms with van der Waals surface area (Å²) in [6.45, 7) is 16.4. The maximum Gasteiger partial charge on any atom is 0.411 e. The van der Waals surface area contributed by atoms with Gasteiger partial charge in [0.2, 0.25) is 5.91 Å². The van der Waals surface area contributed by atoms with Gasteiger partial charge in [0, 0.05) is 24.2 Å². The zero-order valence-corrected chi connectivity index (χ0v) is 31.2. The first-order valence-electron chi connectivity index (χ1n) is 15.9. The largest absolute Gasteiger partial charge is 0.467 e. The molecule has 1 unspecified atom stereocenters. The van der Waals surface area contributed by atoms with Gasteiger partial charge in [-0.15, -0.1) is 0 Å². The van der Waals surface area contributed by atoms with Crippen LogP contribution in [0.2, 0.25) is 18.1 Å². The zero-order valence-electron chi connectivity index (χ0n) is 29.4. The molecule has 3 amide bonds. The second-order valence-corrected chi connectivity index (χ2v) is 20.1. The summed E-state index contributed by atoms with van der Waals surface area (Å²) in [4.78, 5) is 54.6. The van der Waals surface area contributed by atoms with Crippen molar-refractivity contribution in [3.05, 3.63) is 54.1 Å². The number of rotatable bonds is 11. The van der Waals surface area contributed by atoms with E-state index in [9.17, 15) is 19.2 Å². The van der Waals surface area contributed by atoms with Gasteiger partial charge in [-0.1, -0.05) is 51.1 Å². The molecular formula is C35H51N3O7SSi. The maximum absolute atomic E-state index is 13.9. The van der Waals surface area contributed by atoms with Gasteiger partial charge in [0.15, 0.2) is 8.32 Å². The standard InChI is InChI=1S/C35H51N3O7SSi/c1-34(2,3)44-33(42)38-22-25(45-47(9,10)35(4,5)6)21-29(38)31(40)36-24-16-17-26(27(20-24)23-14-12-11-13-15-23)30(39)37-28(18-19-46-8)32(41)43-7/h11-17,20,25,28-29H,18-19,21-22H2,1-10H3,(H,36,40)(H,37,39)/t25?,28-,29-/m0/s1. The molecule has 1 heterocycles. The number of esters is 1. The van der Waals surface area contributed by atoms with Crippen molar-refractivity contribution in [1.29, 1.82) is 0 Å². The number of benzene rings is 2. The highest BCUT2D eigenvalue weighted by atomic mass is 32.2. The van der Waals surface area contributed by atoms with Crippen molar-refractivity contribution in [2.75, 3.05) is 31.0 Å². The highest BCUT2D eigenvalue weighted by molar-refractivity contribution is 7.98. The lowest BCUT2D eigenvalue weighted by Gasteiger charge is -2.38. The molecule has 2 aromatic rings. The summed E-state index contributed by atoms with van der Waals surface area (Å²) in [6, 6.07) is 12.7. The molecule has 3 atom stereocenters. The van der Waals surface area contributed by atoms with E-state index >= 15 is 0 Å². The number of nitrogens with zero attached hydrogens (tertiary/aromatic N) is 1. The average Bonchev–Trinajstić information content (AvgIpc) is 3.41. The van der Waals surface area contributed by atoms with Crippen LogP contribution < -0.4 is 10.6 Å². The summed E-state index contributed by atoms with van der Waals surface area (Å²) in [5.41, 5.74) is 1.39. The van der Waals surface area contributed by atoms with E-state index in [1.807, 2.05) is 36.6 Å². The number of carbonyl (C=O) groups excluding carboxylic acids is 4. The Morgan fingerprint density at radius 3 is 2.26 bits per heavy atom. The lowest BCUT2D eigenvalue weighted by molar-refractivity contribution is -0.142. The molecule has 0 aromatic heterocycles. The van der Waals surface area contributed by atoms with Crippen LogP contribution in [0.1, 0.15) is 64.7 Å². The molecule has 0 spiro atoms. The summed E-state index contributed by atoms with van der Waals surface area (Å²) in [6.07, 6.45) is 1.78. The second kappa shape index (κ2) is 15.7. The fourth-order valence-electron chi connectivity index (χ4n) is 5.01. The number of methoxy groups -OCH3 is 1. The molecular weight excluding hydrogens is 635 g/mol. The SMILES string of the molecule is COC(=O)[C@H](CCSC)NC(=O)c1ccc(NC(=O)[C@@H]2CC(O[Si](C)(C)C(C)(C)C)CN2C(=O)OC(C)(C)C)cc1-c1ccccc1. The first-order chi connectivity index (χ1) is 21.9. The van der Waals surface area contributed by atoms with Crippen LogP contribution in [0.5, 0.6) is 0 Å². The topological polar surface area (TPSA) is 123 Å². The smallest absolute Gasteiger partial charge is 0.411 e. The van der Waals surface area contributed by atoms with E-state index in [4.69, 9.17) is 13.9 Å². The number of ether oxygens (including phenoxy) is 2. The zero-order chi connectivity index (χ0) is 35.2. The summed E-state index contributed by atoms with van der Waals surface area (Å²) < 4.78 is 17.2. The van der Waals surface area contributed by atoms with Crippen LogP contribution >= 0.6 is 11.8 Å². The molecule has 12 heteroatoms. The third kappa shape index (κ3) is 10.3. The molecule has 1 saturated heterocycles. The van der Waals surface area contributed by atoms with E-state index in [2.05, 4.69) is 44.5 Å². The molecule has 0 aliphatic carbocycles. The van der Waals surface area contributed by atoms with Gasteiger partial charge in [-0.05, 0) is 86.7 Å². The molecule has 1 aliphatic heterocycles. The van der Waals surface area contributed by atoms with Gasteiger partial charge in [0.25, 0.3) is 5.91 Å². The normalized spacial score (nSPS) is 17.5. The van der Waals surface area contributed by atoms with Crippen molar-refractivity contribution in [3.63, 3.8) is 0 Å². The molecule has 10 nitrogen and oxygen atoms in total. The van der Waals surface area contributed by atoms with E-state index in [0.29, 0.717) is 35.4 Å². The fourth-order valence-corrected chi connectivity index (χ4v) is 6.84. The van der Waals surface area contributed by atoms with E-state index in [1.165, 1.54) is 12.0 Å². The average molecular weight is 686 g/mol. The molecule has 2 aromatic carbocycles. The Hall–Kier alpha value is -3.35. The van der Waals surface area contributed by atoms with Gasteiger partial charge >= 0.3 is 12.1 Å². The van der Waals surface area contributed by atoms with Gasteiger partial charge in [0.05, 0.1) is 13.2 Å². The Kier molecular flexibility index (Phi) is 12.7. The number of carbonyl (C=O) groups is 4. The van der Waals surface area contributed by atoms with Gasteiger partial charge in [-0.2, -0.15) is 11.8 Å². The minimum absolute atomic E-state index is 0.0438. The Morgan fingerprint density at radius 2 is 1.68 bits per heavy atom. The predicted octanol–water partition coefficient (Wildman–Crippen LogP) is 6.72. The van der Waals surface area contributed by atoms with Crippen LogP contribution in [0.15, 0.2) is 48.5 Å². The Morgan fingerprint density at radius 1 is 1.02 bits per heavy atom. The van der Waals surface area contributed by atoms with Crippen LogP contribution in [0.25, 0.3) is 11.1 Å². The molecule has 1 fully saturated rings. The molecule has 47 heavy (non-hydrogen) atoms. The number of likely N-dealkylation sites (tertiary alicyclic amines) is 1. The van der Waals surface area contributed by atoms with Crippen molar-refractivity contribution in [3.8, 4) is 11.1 Å². The lowest BCUT2D eigenvalue weighted by Crippen LogP contribution is -2.46. The summed E-state index contributed by atoms with van der Waals surface area (Å²) >= 11 is 1.57. The third-order valence-corrected chi connectivity index (χ3v) is 13.7. The maximum atomic E-state index is 13.9. The number of nitrogens with one attached hydrogen (secondary N) is 2. The van der Waals surface area contributed by atoms with Crippen LogP contribution in [0, 0.1) is 0 Å². The first kappa shape index (κ1) is 38.1. The third-order valence-electron chi connectivity index (χ3n) is 8.48. The van der Waals surface area contributed by atoms with E-state index in [1.54, 1.807) is 50.7 Å². The number of hydrogen-bond donors (Lipinski definition) is 2. The summed E-state index contributed by atoms with van der Waals surface area (Å²) in [5.74, 6) is -0.661. The highest BCUT2D eigenvalue weighted by Crippen LogP contribution is 2.39. The predicted molar refractivity (Wildman–Crippen MR) is 190 cm³/mol. The van der Waals surface area contributed by atoms with Crippen LogP contribution in [0.3, 0.4) is 0 Å². The first-order valence-corrected chi connectivity index (χ1v) is 20.2. The van der Waals surface area contributed by atoms with Gasteiger partial charge < -0.3 is 24.5 Å². The molecule has 0 bridgehead atoms. The van der Waals surface area contributed by atoms with Crippen molar-refractivity contribution in [2.24, 2.45) is 0 Å². The van der Waals surface area contributed by atoms with Crippen molar-refractivity contribution in [2.45, 2.75) is 96.3 Å². The molecule has 3 rings (SSSR count). The molecule has 1 aliphatic rings. The highest BCUT2D eigenvalue weighted by Gasteiger charge is 2.46. The molecule has 258 valence electrons. The molecule has 0 radical (unpaired) electrons. The van der Waals surface area contributed by atoms with Gasteiger partial charge in [-0.3, -0.25) is 14.5 Å². The number of thioether (sulfide) groups is 1. The lowest BCUT2D eigenvalue weighted by atomic mass is 9.97. The molecule has 2 N–H and O–H groups in total. The Bertz CT molecular complexity index is 1420. The second-order valence-electron chi connectivity index (χ2n) is 14.3. The van der Waals surface area contributed by atoms with Crippen molar-refractivity contribution in [1.82, 2.24) is 10.2 Å².